The van der Waals surface area contributed by atoms with Crippen LogP contribution in [0.15, 0.2) is 42.6 Å². The fourth-order valence-electron chi connectivity index (χ4n) is 6.35. The van der Waals surface area contributed by atoms with Gasteiger partial charge in [-0.05, 0) is 61.8 Å². The lowest BCUT2D eigenvalue weighted by Crippen LogP contribution is -2.48. The third kappa shape index (κ3) is 5.12. The molecule has 5 heterocycles. The Labute approximate surface area is 227 Å². The Hall–Kier alpha value is -3.11. The van der Waals surface area contributed by atoms with Crippen LogP contribution in [0, 0.1) is 5.82 Å². The molecule has 0 aliphatic carbocycles. The summed E-state index contributed by atoms with van der Waals surface area (Å²) < 4.78 is 25.7. The normalized spacial score (nSPS) is 20.3. The summed E-state index contributed by atoms with van der Waals surface area (Å²) in [7, 11) is 0. The number of benzene rings is 2. The van der Waals surface area contributed by atoms with Crippen LogP contribution in [0.5, 0.6) is 0 Å². The summed E-state index contributed by atoms with van der Waals surface area (Å²) in [6.07, 6.45) is 4.24. The highest BCUT2D eigenvalue weighted by Gasteiger charge is 2.26. The molecule has 2 aromatic heterocycles. The average molecular weight is 531 g/mol. The molecule has 3 aliphatic rings. The van der Waals surface area contributed by atoms with Gasteiger partial charge in [-0.25, -0.2) is 14.4 Å². The van der Waals surface area contributed by atoms with Crippen molar-refractivity contribution in [2.45, 2.75) is 25.4 Å². The van der Waals surface area contributed by atoms with E-state index in [0.29, 0.717) is 30.6 Å². The SMILES string of the molecule is Fc1cc(-c2nc(N3CCOCC3)c3cc(CN4CCC(N5CCOCC5)CC4)ccc3n2)c2cc[nH]c2c1. The first kappa shape index (κ1) is 24.9. The van der Waals surface area contributed by atoms with Gasteiger partial charge in [-0.3, -0.25) is 9.80 Å². The van der Waals surface area contributed by atoms with Gasteiger partial charge in [0.25, 0.3) is 0 Å². The minimum Gasteiger partial charge on any atom is -0.379 e. The van der Waals surface area contributed by atoms with Crippen LogP contribution < -0.4 is 4.90 Å². The van der Waals surface area contributed by atoms with Gasteiger partial charge in [0.2, 0.25) is 0 Å². The van der Waals surface area contributed by atoms with Crippen molar-refractivity contribution in [2.75, 3.05) is 70.6 Å². The molecule has 1 N–H and O–H groups in total. The van der Waals surface area contributed by atoms with Gasteiger partial charge < -0.3 is 19.4 Å². The van der Waals surface area contributed by atoms with E-state index in [1.807, 2.05) is 12.3 Å². The zero-order valence-corrected chi connectivity index (χ0v) is 22.2. The number of H-pyrrole nitrogens is 1. The number of nitrogens with one attached hydrogen (secondary N) is 1. The number of morpholine rings is 2. The highest BCUT2D eigenvalue weighted by molar-refractivity contribution is 5.97. The number of likely N-dealkylation sites (tertiary alicyclic amines) is 1. The van der Waals surface area contributed by atoms with E-state index in [1.54, 1.807) is 0 Å². The highest BCUT2D eigenvalue weighted by Crippen LogP contribution is 2.33. The van der Waals surface area contributed by atoms with E-state index in [2.05, 4.69) is 37.9 Å². The average Bonchev–Trinajstić information content (AvgIpc) is 3.46. The number of hydrogen-bond acceptors (Lipinski definition) is 7. The fourth-order valence-corrected chi connectivity index (χ4v) is 6.35. The first-order valence-electron chi connectivity index (χ1n) is 14.2. The zero-order chi connectivity index (χ0) is 26.2. The Morgan fingerprint density at radius 2 is 1.62 bits per heavy atom. The number of anilines is 1. The van der Waals surface area contributed by atoms with Gasteiger partial charge in [-0.1, -0.05) is 6.07 Å². The highest BCUT2D eigenvalue weighted by atomic mass is 19.1. The number of ether oxygens (including phenoxy) is 2. The monoisotopic (exact) mass is 530 g/mol. The number of halogens is 1. The largest absolute Gasteiger partial charge is 0.379 e. The standard InChI is InChI=1S/C30H35FN6O2/c31-22-18-25(24-3-6-32-28(24)19-22)29-33-27-2-1-21(17-26(27)30(34-29)37-11-15-39-16-12-37)20-35-7-4-23(5-8-35)36-9-13-38-14-10-36/h1-3,6,17-19,23,32H,4-5,7-16,20H2. The summed E-state index contributed by atoms with van der Waals surface area (Å²) in [6, 6.07) is 12.2. The third-order valence-corrected chi connectivity index (χ3v) is 8.45. The molecule has 0 amide bonds. The maximum Gasteiger partial charge on any atom is 0.162 e. The van der Waals surface area contributed by atoms with Crippen molar-refractivity contribution in [3.05, 3.63) is 54.0 Å². The van der Waals surface area contributed by atoms with Gasteiger partial charge in [-0.2, -0.15) is 0 Å². The first-order chi connectivity index (χ1) is 19.2. The Morgan fingerprint density at radius 1 is 0.846 bits per heavy atom. The van der Waals surface area contributed by atoms with Crippen LogP contribution in [-0.4, -0.2) is 96.5 Å². The smallest absolute Gasteiger partial charge is 0.162 e. The van der Waals surface area contributed by atoms with Crippen LogP contribution in [-0.2, 0) is 16.0 Å². The Kier molecular flexibility index (Phi) is 6.90. The second-order valence-electron chi connectivity index (χ2n) is 10.9. The maximum absolute atomic E-state index is 14.5. The lowest BCUT2D eigenvalue weighted by molar-refractivity contribution is 0.000233. The molecule has 0 saturated carbocycles. The zero-order valence-electron chi connectivity index (χ0n) is 22.2. The van der Waals surface area contributed by atoms with Gasteiger partial charge in [0.1, 0.15) is 11.6 Å². The molecule has 0 spiro atoms. The molecule has 3 fully saturated rings. The summed E-state index contributed by atoms with van der Waals surface area (Å²) in [5, 5.41) is 1.96. The number of aromatic amines is 1. The molecule has 3 saturated heterocycles. The van der Waals surface area contributed by atoms with E-state index < -0.39 is 0 Å². The van der Waals surface area contributed by atoms with Crippen LogP contribution >= 0.6 is 0 Å². The second-order valence-corrected chi connectivity index (χ2v) is 10.9. The molecule has 9 heteroatoms. The van der Waals surface area contributed by atoms with Crippen LogP contribution in [0.1, 0.15) is 18.4 Å². The molecule has 8 nitrogen and oxygen atoms in total. The van der Waals surface area contributed by atoms with Crippen molar-refractivity contribution in [1.29, 1.82) is 0 Å². The van der Waals surface area contributed by atoms with Crippen LogP contribution in [0.4, 0.5) is 10.2 Å². The fraction of sp³-hybridized carbons (Fsp3) is 0.467. The molecule has 4 aromatic rings. The Balaban J connectivity index is 1.19. The first-order valence-corrected chi connectivity index (χ1v) is 14.2. The van der Waals surface area contributed by atoms with Gasteiger partial charge in [0.05, 0.1) is 31.9 Å². The molecule has 0 atom stereocenters. The van der Waals surface area contributed by atoms with E-state index in [0.717, 1.165) is 86.7 Å². The van der Waals surface area contributed by atoms with Gasteiger partial charge in [0.15, 0.2) is 5.82 Å². The van der Waals surface area contributed by atoms with Gasteiger partial charge in [0, 0.05) is 66.8 Å². The molecule has 2 aromatic carbocycles. The van der Waals surface area contributed by atoms with Crippen molar-refractivity contribution >= 4 is 27.6 Å². The number of fused-ring (bicyclic) bond motifs is 2. The molecule has 0 radical (unpaired) electrons. The number of rotatable bonds is 5. The Bertz CT molecular complexity index is 1450. The molecule has 204 valence electrons. The molecule has 0 bridgehead atoms. The van der Waals surface area contributed by atoms with Gasteiger partial charge in [-0.15, -0.1) is 0 Å². The van der Waals surface area contributed by atoms with Crippen LogP contribution in [0.2, 0.25) is 0 Å². The lowest BCUT2D eigenvalue weighted by Gasteiger charge is -2.40. The second kappa shape index (κ2) is 10.8. The topological polar surface area (TPSA) is 69.8 Å². The number of aromatic nitrogens is 3. The molecule has 39 heavy (non-hydrogen) atoms. The van der Waals surface area contributed by atoms with Crippen molar-refractivity contribution < 1.29 is 13.9 Å². The minimum atomic E-state index is -0.302. The Morgan fingerprint density at radius 3 is 2.41 bits per heavy atom. The molecule has 0 unspecified atom stereocenters. The lowest BCUT2D eigenvalue weighted by atomic mass is 10.0. The molecular formula is C30H35FN6O2. The maximum atomic E-state index is 14.5. The van der Waals surface area contributed by atoms with Crippen LogP contribution in [0.25, 0.3) is 33.2 Å². The van der Waals surface area contributed by atoms with E-state index in [4.69, 9.17) is 19.4 Å². The number of nitrogens with zero attached hydrogens (tertiary/aromatic N) is 5. The predicted octanol–water partition coefficient (Wildman–Crippen LogP) is 4.05. The number of piperidine rings is 1. The van der Waals surface area contributed by atoms with Crippen molar-refractivity contribution in [3.63, 3.8) is 0 Å². The van der Waals surface area contributed by atoms with E-state index in [-0.39, 0.29) is 5.82 Å². The predicted molar refractivity (Wildman–Crippen MR) is 151 cm³/mol. The summed E-state index contributed by atoms with van der Waals surface area (Å²) in [6.45, 7) is 9.87. The van der Waals surface area contributed by atoms with Crippen LogP contribution in [0.3, 0.4) is 0 Å². The summed E-state index contributed by atoms with van der Waals surface area (Å²) in [5.41, 5.74) is 3.60. The van der Waals surface area contributed by atoms with Crippen molar-refractivity contribution in [1.82, 2.24) is 24.8 Å². The summed E-state index contributed by atoms with van der Waals surface area (Å²) in [5.74, 6) is 1.15. The minimum absolute atomic E-state index is 0.302. The van der Waals surface area contributed by atoms with Crippen molar-refractivity contribution in [2.24, 2.45) is 0 Å². The third-order valence-electron chi connectivity index (χ3n) is 8.45. The summed E-state index contributed by atoms with van der Waals surface area (Å²) >= 11 is 0. The van der Waals surface area contributed by atoms with E-state index in [9.17, 15) is 4.39 Å². The van der Waals surface area contributed by atoms with Gasteiger partial charge >= 0.3 is 0 Å². The molecule has 3 aliphatic heterocycles. The number of hydrogen-bond donors (Lipinski definition) is 1. The summed E-state index contributed by atoms with van der Waals surface area (Å²) in [4.78, 5) is 20.6. The van der Waals surface area contributed by atoms with E-state index >= 15 is 0 Å². The van der Waals surface area contributed by atoms with Crippen molar-refractivity contribution in [3.8, 4) is 11.4 Å². The quantitative estimate of drug-likeness (QED) is 0.418. The van der Waals surface area contributed by atoms with E-state index in [1.165, 1.54) is 30.5 Å². The molecule has 7 rings (SSSR count). The molecular weight excluding hydrogens is 495 g/mol.